The van der Waals surface area contributed by atoms with Crippen LogP contribution >= 0.6 is 0 Å². The summed E-state index contributed by atoms with van der Waals surface area (Å²) in [5.41, 5.74) is 9.91. The maximum Gasteiger partial charge on any atom is 0.0952 e. The van der Waals surface area contributed by atoms with Gasteiger partial charge in [-0.3, -0.25) is 4.98 Å². The molecule has 0 saturated heterocycles. The average molecular weight is 263 g/mol. The summed E-state index contributed by atoms with van der Waals surface area (Å²) >= 11 is 0. The van der Waals surface area contributed by atoms with Crippen molar-refractivity contribution in [3.05, 3.63) is 60.8 Å². The number of nitrogen functional groups attached to an aromatic ring is 1. The summed E-state index contributed by atoms with van der Waals surface area (Å²) in [6, 6.07) is 18.4. The Balaban J connectivity index is 2.21. The van der Waals surface area contributed by atoms with Crippen molar-refractivity contribution in [3.63, 3.8) is 0 Å². The molecule has 0 atom stereocenters. The molecule has 0 bridgehead atoms. The molecule has 0 unspecified atom stereocenters. The van der Waals surface area contributed by atoms with Gasteiger partial charge in [0, 0.05) is 23.8 Å². The maximum absolute atomic E-state index is 6.02. The predicted octanol–water partition coefficient (Wildman–Crippen LogP) is 3.98. The van der Waals surface area contributed by atoms with E-state index in [1.54, 1.807) is 6.20 Å². The highest BCUT2D eigenvalue weighted by atomic mass is 15.1. The van der Waals surface area contributed by atoms with Crippen molar-refractivity contribution in [2.45, 2.75) is 6.92 Å². The molecular weight excluding hydrogens is 246 g/mol. The first-order valence-corrected chi connectivity index (χ1v) is 6.77. The van der Waals surface area contributed by atoms with Crippen LogP contribution in [0.4, 0.5) is 17.1 Å². The monoisotopic (exact) mass is 263 g/mol. The van der Waals surface area contributed by atoms with E-state index in [2.05, 4.69) is 53.2 Å². The van der Waals surface area contributed by atoms with Crippen LogP contribution in [0.2, 0.25) is 0 Å². The number of para-hydroxylation sites is 1. The summed E-state index contributed by atoms with van der Waals surface area (Å²) < 4.78 is 0. The normalized spacial score (nSPS) is 10.7. The van der Waals surface area contributed by atoms with Crippen LogP contribution in [0.1, 0.15) is 6.92 Å². The van der Waals surface area contributed by atoms with E-state index < -0.39 is 0 Å². The van der Waals surface area contributed by atoms with Gasteiger partial charge in [-0.05, 0) is 43.3 Å². The Morgan fingerprint density at radius 3 is 2.55 bits per heavy atom. The van der Waals surface area contributed by atoms with Gasteiger partial charge in [0.2, 0.25) is 0 Å². The van der Waals surface area contributed by atoms with Crippen LogP contribution < -0.4 is 10.6 Å². The number of benzene rings is 2. The highest BCUT2D eigenvalue weighted by molar-refractivity contribution is 6.00. The van der Waals surface area contributed by atoms with Crippen LogP contribution in [-0.4, -0.2) is 11.5 Å². The van der Waals surface area contributed by atoms with Crippen LogP contribution in [0.15, 0.2) is 60.8 Å². The molecule has 20 heavy (non-hydrogen) atoms. The molecule has 0 aliphatic rings. The number of pyridine rings is 1. The van der Waals surface area contributed by atoms with Gasteiger partial charge in [0.1, 0.15) is 0 Å². The van der Waals surface area contributed by atoms with E-state index in [4.69, 9.17) is 5.73 Å². The molecule has 0 saturated carbocycles. The van der Waals surface area contributed by atoms with Crippen LogP contribution in [0.3, 0.4) is 0 Å². The van der Waals surface area contributed by atoms with Gasteiger partial charge in [0.15, 0.2) is 0 Å². The minimum atomic E-state index is 0.716. The van der Waals surface area contributed by atoms with Gasteiger partial charge >= 0.3 is 0 Å². The third kappa shape index (κ3) is 2.07. The van der Waals surface area contributed by atoms with E-state index in [1.165, 1.54) is 5.69 Å². The molecule has 0 amide bonds. The van der Waals surface area contributed by atoms with Gasteiger partial charge in [-0.15, -0.1) is 0 Å². The zero-order chi connectivity index (χ0) is 13.9. The second-order valence-corrected chi connectivity index (χ2v) is 4.65. The minimum absolute atomic E-state index is 0.716. The van der Waals surface area contributed by atoms with E-state index in [1.807, 2.05) is 18.2 Å². The number of aromatic nitrogens is 1. The Morgan fingerprint density at radius 1 is 1.00 bits per heavy atom. The zero-order valence-corrected chi connectivity index (χ0v) is 11.5. The van der Waals surface area contributed by atoms with Crippen LogP contribution in [-0.2, 0) is 0 Å². The molecule has 3 rings (SSSR count). The van der Waals surface area contributed by atoms with Gasteiger partial charge < -0.3 is 10.6 Å². The smallest absolute Gasteiger partial charge is 0.0952 e. The topological polar surface area (TPSA) is 42.1 Å². The van der Waals surface area contributed by atoms with Crippen molar-refractivity contribution in [2.24, 2.45) is 0 Å². The second-order valence-electron chi connectivity index (χ2n) is 4.65. The summed E-state index contributed by atoms with van der Waals surface area (Å²) in [6.45, 7) is 3.03. The Morgan fingerprint density at radius 2 is 1.80 bits per heavy atom. The van der Waals surface area contributed by atoms with Crippen LogP contribution in [0.5, 0.6) is 0 Å². The van der Waals surface area contributed by atoms with E-state index in [0.29, 0.717) is 5.69 Å². The summed E-state index contributed by atoms with van der Waals surface area (Å²) in [4.78, 5) is 6.67. The average Bonchev–Trinajstić information content (AvgIpc) is 2.52. The highest BCUT2D eigenvalue weighted by Gasteiger charge is 2.12. The van der Waals surface area contributed by atoms with Gasteiger partial charge in [-0.2, -0.15) is 0 Å². The lowest BCUT2D eigenvalue weighted by Crippen LogP contribution is -2.16. The van der Waals surface area contributed by atoms with Gasteiger partial charge in [-0.25, -0.2) is 0 Å². The molecule has 3 nitrogen and oxygen atoms in total. The maximum atomic E-state index is 6.02. The van der Waals surface area contributed by atoms with Crippen molar-refractivity contribution in [1.29, 1.82) is 0 Å². The number of anilines is 3. The fraction of sp³-hybridized carbons (Fsp3) is 0.118. The summed E-state index contributed by atoms with van der Waals surface area (Å²) in [5.74, 6) is 0. The van der Waals surface area contributed by atoms with E-state index in [9.17, 15) is 0 Å². The lowest BCUT2D eigenvalue weighted by molar-refractivity contribution is 1.03. The first-order chi connectivity index (χ1) is 9.81. The van der Waals surface area contributed by atoms with Crippen molar-refractivity contribution < 1.29 is 0 Å². The molecule has 2 aromatic carbocycles. The van der Waals surface area contributed by atoms with Crippen LogP contribution in [0, 0.1) is 0 Å². The number of nitrogens with zero attached hydrogens (tertiary/aromatic N) is 2. The Kier molecular flexibility index (Phi) is 3.25. The molecule has 0 radical (unpaired) electrons. The number of fused-ring (bicyclic) bond motifs is 1. The Hall–Kier alpha value is -2.55. The van der Waals surface area contributed by atoms with Crippen molar-refractivity contribution >= 4 is 28.0 Å². The fourth-order valence-corrected chi connectivity index (χ4v) is 2.51. The van der Waals surface area contributed by atoms with Gasteiger partial charge in [-0.1, -0.05) is 18.2 Å². The lowest BCUT2D eigenvalue weighted by atomic mass is 10.1. The van der Waals surface area contributed by atoms with Crippen molar-refractivity contribution in [3.8, 4) is 0 Å². The summed E-state index contributed by atoms with van der Waals surface area (Å²) in [5, 5.41) is 1.08. The molecule has 0 spiro atoms. The molecule has 2 N–H and O–H groups in total. The van der Waals surface area contributed by atoms with Crippen LogP contribution in [0.25, 0.3) is 10.9 Å². The van der Waals surface area contributed by atoms with E-state index in [0.717, 1.165) is 23.1 Å². The minimum Gasteiger partial charge on any atom is -0.397 e. The second kappa shape index (κ2) is 5.21. The summed E-state index contributed by atoms with van der Waals surface area (Å²) in [6.07, 6.45) is 1.78. The predicted molar refractivity (Wildman–Crippen MR) is 85.3 cm³/mol. The molecular formula is C17H17N3. The molecule has 1 heterocycles. The quantitative estimate of drug-likeness (QED) is 0.727. The van der Waals surface area contributed by atoms with E-state index >= 15 is 0 Å². The first kappa shape index (κ1) is 12.5. The largest absolute Gasteiger partial charge is 0.397 e. The highest BCUT2D eigenvalue weighted by Crippen LogP contribution is 2.33. The Labute approximate surface area is 118 Å². The molecule has 100 valence electrons. The van der Waals surface area contributed by atoms with Crippen molar-refractivity contribution in [1.82, 2.24) is 4.98 Å². The van der Waals surface area contributed by atoms with E-state index in [-0.39, 0.29) is 0 Å². The molecule has 3 heteroatoms. The summed E-state index contributed by atoms with van der Waals surface area (Å²) in [7, 11) is 0. The third-order valence-electron chi connectivity index (χ3n) is 3.45. The molecule has 0 aliphatic carbocycles. The van der Waals surface area contributed by atoms with Gasteiger partial charge in [0.05, 0.1) is 16.9 Å². The zero-order valence-electron chi connectivity index (χ0n) is 11.5. The molecule has 0 aliphatic heterocycles. The number of hydrogen-bond donors (Lipinski definition) is 1. The standard InChI is InChI=1S/C17H17N3/c1-2-20(13-7-4-3-5-8-13)16-11-10-15(18)17-14(16)9-6-12-19-17/h3-12H,2,18H2,1H3. The number of rotatable bonds is 3. The number of nitrogens with two attached hydrogens (primary N) is 1. The molecule has 3 aromatic rings. The SMILES string of the molecule is CCN(c1ccccc1)c1ccc(N)c2ncccc12. The van der Waals surface area contributed by atoms with Gasteiger partial charge in [0.25, 0.3) is 0 Å². The van der Waals surface area contributed by atoms with Crippen molar-refractivity contribution in [2.75, 3.05) is 17.2 Å². The number of hydrogen-bond acceptors (Lipinski definition) is 3. The molecule has 0 fully saturated rings. The third-order valence-corrected chi connectivity index (χ3v) is 3.45. The Bertz CT molecular complexity index is 723. The lowest BCUT2D eigenvalue weighted by Gasteiger charge is -2.25. The fourth-order valence-electron chi connectivity index (χ4n) is 2.51. The molecule has 1 aromatic heterocycles. The first-order valence-electron chi connectivity index (χ1n) is 6.77.